The molecule has 0 atom stereocenters. The molecule has 0 fully saturated rings. The highest BCUT2D eigenvalue weighted by molar-refractivity contribution is 6.36. The Bertz CT molecular complexity index is 600. The highest BCUT2D eigenvalue weighted by Gasteiger charge is 2.07. The van der Waals surface area contributed by atoms with Crippen LogP contribution in [0.15, 0.2) is 30.5 Å². The van der Waals surface area contributed by atoms with Crippen LogP contribution in [0, 0.1) is 5.92 Å². The summed E-state index contributed by atoms with van der Waals surface area (Å²) in [7, 11) is 0. The average Bonchev–Trinajstić information content (AvgIpc) is 2.44. The van der Waals surface area contributed by atoms with Gasteiger partial charge in [-0.3, -0.25) is 0 Å². The predicted molar refractivity (Wildman–Crippen MR) is 90.0 cm³/mol. The monoisotopic (exact) mass is 323 g/mol. The normalized spacial score (nSPS) is 10.9. The van der Waals surface area contributed by atoms with E-state index in [0.717, 1.165) is 24.2 Å². The summed E-state index contributed by atoms with van der Waals surface area (Å²) in [6.07, 6.45) is 4.03. The summed E-state index contributed by atoms with van der Waals surface area (Å²) in [4.78, 5) is 8.74. The molecule has 0 amide bonds. The van der Waals surface area contributed by atoms with Gasteiger partial charge in [-0.15, -0.1) is 0 Å². The molecule has 21 heavy (non-hydrogen) atoms. The SMILES string of the molecule is CC(C)CCCNc1nccc(-c2ccc(Cl)cc2Cl)n1. The number of aromatic nitrogens is 2. The quantitative estimate of drug-likeness (QED) is 0.733. The van der Waals surface area contributed by atoms with Crippen molar-refractivity contribution in [1.29, 1.82) is 0 Å². The van der Waals surface area contributed by atoms with Gasteiger partial charge in [0.25, 0.3) is 0 Å². The van der Waals surface area contributed by atoms with E-state index in [2.05, 4.69) is 29.1 Å². The van der Waals surface area contributed by atoms with E-state index in [1.807, 2.05) is 12.1 Å². The second-order valence-corrected chi connectivity index (χ2v) is 6.20. The first-order valence-electron chi connectivity index (χ1n) is 7.08. The van der Waals surface area contributed by atoms with E-state index in [0.29, 0.717) is 21.9 Å². The molecule has 1 aromatic carbocycles. The van der Waals surface area contributed by atoms with Gasteiger partial charge in [-0.05, 0) is 43.0 Å². The summed E-state index contributed by atoms with van der Waals surface area (Å²) >= 11 is 12.1. The lowest BCUT2D eigenvalue weighted by Gasteiger charge is -2.08. The van der Waals surface area contributed by atoms with Gasteiger partial charge in [-0.1, -0.05) is 37.0 Å². The van der Waals surface area contributed by atoms with Crippen LogP contribution in [-0.2, 0) is 0 Å². The Kier molecular flexibility index (Phi) is 5.83. The molecule has 112 valence electrons. The van der Waals surface area contributed by atoms with E-state index in [4.69, 9.17) is 23.2 Å². The third-order valence-electron chi connectivity index (χ3n) is 3.10. The van der Waals surface area contributed by atoms with Crippen molar-refractivity contribution in [2.75, 3.05) is 11.9 Å². The number of rotatable bonds is 6. The van der Waals surface area contributed by atoms with E-state index in [1.54, 1.807) is 18.3 Å². The molecule has 1 heterocycles. The lowest BCUT2D eigenvalue weighted by Crippen LogP contribution is -2.06. The van der Waals surface area contributed by atoms with Crippen LogP contribution in [0.4, 0.5) is 5.95 Å². The van der Waals surface area contributed by atoms with Gasteiger partial charge in [0.15, 0.2) is 0 Å². The number of hydrogen-bond donors (Lipinski definition) is 1. The van der Waals surface area contributed by atoms with E-state index in [-0.39, 0.29) is 0 Å². The Labute approximate surface area is 135 Å². The van der Waals surface area contributed by atoms with Crippen LogP contribution in [0.25, 0.3) is 11.3 Å². The standard InChI is InChI=1S/C16H19Cl2N3/c1-11(2)4-3-8-19-16-20-9-7-15(21-16)13-6-5-12(17)10-14(13)18/h5-7,9-11H,3-4,8H2,1-2H3,(H,19,20,21). The third kappa shape index (κ3) is 4.87. The average molecular weight is 324 g/mol. The minimum absolute atomic E-state index is 0.590. The highest BCUT2D eigenvalue weighted by Crippen LogP contribution is 2.29. The molecule has 0 saturated heterocycles. The molecule has 2 rings (SSSR count). The lowest BCUT2D eigenvalue weighted by molar-refractivity contribution is 0.566. The van der Waals surface area contributed by atoms with Gasteiger partial charge in [-0.25, -0.2) is 9.97 Å². The number of nitrogens with zero attached hydrogens (tertiary/aromatic N) is 2. The lowest BCUT2D eigenvalue weighted by atomic mass is 10.1. The zero-order valence-electron chi connectivity index (χ0n) is 12.2. The molecule has 0 aliphatic rings. The maximum Gasteiger partial charge on any atom is 0.223 e. The van der Waals surface area contributed by atoms with Crippen molar-refractivity contribution < 1.29 is 0 Å². The van der Waals surface area contributed by atoms with Gasteiger partial charge in [0.05, 0.1) is 10.7 Å². The van der Waals surface area contributed by atoms with Crippen molar-refractivity contribution in [3.05, 3.63) is 40.5 Å². The van der Waals surface area contributed by atoms with Gasteiger partial charge in [0, 0.05) is 23.3 Å². The van der Waals surface area contributed by atoms with Crippen LogP contribution in [0.2, 0.25) is 10.0 Å². The van der Waals surface area contributed by atoms with Crippen LogP contribution in [-0.4, -0.2) is 16.5 Å². The number of benzene rings is 1. The maximum absolute atomic E-state index is 6.21. The van der Waals surface area contributed by atoms with Crippen LogP contribution >= 0.6 is 23.2 Å². The first-order valence-corrected chi connectivity index (χ1v) is 7.84. The Balaban J connectivity index is 2.07. The number of nitrogens with one attached hydrogen (secondary N) is 1. The molecule has 0 saturated carbocycles. The van der Waals surface area contributed by atoms with Gasteiger partial charge in [0.2, 0.25) is 5.95 Å². The minimum Gasteiger partial charge on any atom is -0.354 e. The van der Waals surface area contributed by atoms with E-state index < -0.39 is 0 Å². The Morgan fingerprint density at radius 3 is 2.71 bits per heavy atom. The molecular formula is C16H19Cl2N3. The van der Waals surface area contributed by atoms with Crippen molar-refractivity contribution in [3.63, 3.8) is 0 Å². The number of halogens is 2. The zero-order chi connectivity index (χ0) is 15.2. The molecule has 0 radical (unpaired) electrons. The first kappa shape index (κ1) is 16.1. The van der Waals surface area contributed by atoms with Crippen molar-refractivity contribution in [2.24, 2.45) is 5.92 Å². The molecule has 0 spiro atoms. The Morgan fingerprint density at radius 1 is 1.19 bits per heavy atom. The van der Waals surface area contributed by atoms with Crippen molar-refractivity contribution in [3.8, 4) is 11.3 Å². The van der Waals surface area contributed by atoms with Crippen molar-refractivity contribution in [1.82, 2.24) is 9.97 Å². The summed E-state index contributed by atoms with van der Waals surface area (Å²) in [5, 5.41) is 4.46. The summed E-state index contributed by atoms with van der Waals surface area (Å²) in [6, 6.07) is 7.24. The van der Waals surface area contributed by atoms with Gasteiger partial charge in [0.1, 0.15) is 0 Å². The van der Waals surface area contributed by atoms with E-state index >= 15 is 0 Å². The van der Waals surface area contributed by atoms with Crippen molar-refractivity contribution >= 4 is 29.2 Å². The largest absolute Gasteiger partial charge is 0.354 e. The third-order valence-corrected chi connectivity index (χ3v) is 3.65. The van der Waals surface area contributed by atoms with Crippen LogP contribution in [0.5, 0.6) is 0 Å². The molecule has 5 heteroatoms. The minimum atomic E-state index is 0.590. The fourth-order valence-electron chi connectivity index (χ4n) is 2.00. The fraction of sp³-hybridized carbons (Fsp3) is 0.375. The van der Waals surface area contributed by atoms with Crippen LogP contribution < -0.4 is 5.32 Å². The first-order chi connectivity index (χ1) is 10.1. The molecule has 0 bridgehead atoms. The number of hydrogen-bond acceptors (Lipinski definition) is 3. The Morgan fingerprint density at radius 2 is 2.00 bits per heavy atom. The predicted octanol–water partition coefficient (Wildman–Crippen LogP) is 5.30. The van der Waals surface area contributed by atoms with E-state index in [9.17, 15) is 0 Å². The van der Waals surface area contributed by atoms with Gasteiger partial charge >= 0.3 is 0 Å². The zero-order valence-corrected chi connectivity index (χ0v) is 13.7. The summed E-state index contributed by atoms with van der Waals surface area (Å²) in [5.74, 6) is 1.34. The molecule has 0 aliphatic heterocycles. The van der Waals surface area contributed by atoms with Crippen molar-refractivity contribution in [2.45, 2.75) is 26.7 Å². The van der Waals surface area contributed by atoms with Gasteiger partial charge in [-0.2, -0.15) is 0 Å². The van der Waals surface area contributed by atoms with Gasteiger partial charge < -0.3 is 5.32 Å². The second kappa shape index (κ2) is 7.62. The summed E-state index contributed by atoms with van der Waals surface area (Å²) in [6.45, 7) is 5.31. The fourth-order valence-corrected chi connectivity index (χ4v) is 2.51. The van der Waals surface area contributed by atoms with Crippen LogP contribution in [0.3, 0.4) is 0 Å². The molecule has 2 aromatic rings. The van der Waals surface area contributed by atoms with E-state index in [1.165, 1.54) is 6.42 Å². The highest BCUT2D eigenvalue weighted by atomic mass is 35.5. The number of anilines is 1. The Hall–Kier alpha value is -1.32. The molecule has 3 nitrogen and oxygen atoms in total. The molecule has 0 aliphatic carbocycles. The topological polar surface area (TPSA) is 37.8 Å². The molecule has 1 aromatic heterocycles. The summed E-state index contributed by atoms with van der Waals surface area (Å²) in [5.41, 5.74) is 1.65. The molecule has 1 N–H and O–H groups in total. The molecule has 0 unspecified atom stereocenters. The smallest absolute Gasteiger partial charge is 0.223 e. The van der Waals surface area contributed by atoms with Crippen LogP contribution in [0.1, 0.15) is 26.7 Å². The summed E-state index contributed by atoms with van der Waals surface area (Å²) < 4.78 is 0. The maximum atomic E-state index is 6.21. The second-order valence-electron chi connectivity index (χ2n) is 5.35. The molecular weight excluding hydrogens is 305 g/mol.